The highest BCUT2D eigenvalue weighted by Gasteiger charge is 2.25. The van der Waals surface area contributed by atoms with Crippen LogP contribution in [0.15, 0.2) is 42.6 Å². The number of aryl methyl sites for hydroxylation is 2. The van der Waals surface area contributed by atoms with Crippen LogP contribution in [-0.4, -0.2) is 27.7 Å². The molecule has 0 fully saturated rings. The summed E-state index contributed by atoms with van der Waals surface area (Å²) in [5.41, 5.74) is 6.01. The molecular formula is C23H28N4O2. The standard InChI is InChI=1S/C21H22N4O2.C2H6/c1-2-27-13-14-8-10-16(11-9-14)23-21(26)20-18-17(24-25-20)7-3-5-15-6-4-12-22-19(15)18;1-2/h4,6,8-12H,2-3,5,7,13H2,1H3,(H,23,26)(H,24,25);1-2H3. The maximum atomic E-state index is 12.9. The van der Waals surface area contributed by atoms with Crippen LogP contribution in [0.3, 0.4) is 0 Å². The van der Waals surface area contributed by atoms with E-state index in [1.54, 1.807) is 6.20 Å². The number of H-pyrrole nitrogens is 1. The number of fused-ring (bicyclic) bond motifs is 3. The number of aromatic nitrogens is 3. The summed E-state index contributed by atoms with van der Waals surface area (Å²) in [5, 5.41) is 10.3. The molecular weight excluding hydrogens is 364 g/mol. The molecule has 1 aliphatic rings. The van der Waals surface area contributed by atoms with E-state index in [0.717, 1.165) is 53.0 Å². The highest BCUT2D eigenvalue weighted by atomic mass is 16.5. The van der Waals surface area contributed by atoms with E-state index in [9.17, 15) is 4.79 Å². The molecule has 1 aromatic carbocycles. The average molecular weight is 393 g/mol. The number of hydrogen-bond acceptors (Lipinski definition) is 4. The first-order valence-corrected chi connectivity index (χ1v) is 10.3. The predicted molar refractivity (Wildman–Crippen MR) is 115 cm³/mol. The van der Waals surface area contributed by atoms with E-state index in [0.29, 0.717) is 18.9 Å². The molecule has 2 N–H and O–H groups in total. The normalized spacial score (nSPS) is 12.1. The van der Waals surface area contributed by atoms with Gasteiger partial charge in [-0.15, -0.1) is 0 Å². The van der Waals surface area contributed by atoms with Crippen molar-refractivity contribution in [3.63, 3.8) is 0 Å². The van der Waals surface area contributed by atoms with Gasteiger partial charge in [-0.3, -0.25) is 14.9 Å². The number of pyridine rings is 1. The predicted octanol–water partition coefficient (Wildman–Crippen LogP) is 4.78. The third-order valence-electron chi connectivity index (χ3n) is 4.74. The fraction of sp³-hybridized carbons (Fsp3) is 0.348. The summed E-state index contributed by atoms with van der Waals surface area (Å²) < 4.78 is 5.40. The third-order valence-corrected chi connectivity index (χ3v) is 4.74. The summed E-state index contributed by atoms with van der Waals surface area (Å²) in [4.78, 5) is 17.4. The molecule has 6 nitrogen and oxygen atoms in total. The summed E-state index contributed by atoms with van der Waals surface area (Å²) in [6.45, 7) is 7.22. The molecule has 6 heteroatoms. The minimum absolute atomic E-state index is 0.233. The minimum Gasteiger partial charge on any atom is -0.377 e. The maximum Gasteiger partial charge on any atom is 0.276 e. The van der Waals surface area contributed by atoms with E-state index in [2.05, 4.69) is 26.6 Å². The molecule has 2 heterocycles. The molecule has 2 aromatic heterocycles. The highest BCUT2D eigenvalue weighted by molar-refractivity contribution is 6.07. The first kappa shape index (κ1) is 20.7. The Hall–Kier alpha value is -2.99. The Labute approximate surface area is 171 Å². The number of carbonyl (C=O) groups excluding carboxylic acids is 1. The van der Waals surface area contributed by atoms with Crippen molar-refractivity contribution in [3.8, 4) is 11.3 Å². The van der Waals surface area contributed by atoms with Crippen molar-refractivity contribution in [1.82, 2.24) is 15.2 Å². The van der Waals surface area contributed by atoms with Gasteiger partial charge in [-0.25, -0.2) is 0 Å². The van der Waals surface area contributed by atoms with Crippen molar-refractivity contribution in [2.75, 3.05) is 11.9 Å². The number of nitrogens with zero attached hydrogens (tertiary/aromatic N) is 2. The van der Waals surface area contributed by atoms with E-state index >= 15 is 0 Å². The topological polar surface area (TPSA) is 79.9 Å². The van der Waals surface area contributed by atoms with Crippen LogP contribution in [0.25, 0.3) is 11.3 Å². The Morgan fingerprint density at radius 2 is 1.97 bits per heavy atom. The third kappa shape index (κ3) is 4.71. The second-order valence-electron chi connectivity index (χ2n) is 6.58. The lowest BCUT2D eigenvalue weighted by atomic mass is 10.0. The molecule has 0 saturated heterocycles. The van der Waals surface area contributed by atoms with Gasteiger partial charge in [-0.1, -0.05) is 32.0 Å². The molecule has 29 heavy (non-hydrogen) atoms. The highest BCUT2D eigenvalue weighted by Crippen LogP contribution is 2.32. The van der Waals surface area contributed by atoms with Crippen LogP contribution >= 0.6 is 0 Å². The number of ether oxygens (including phenoxy) is 1. The molecule has 0 atom stereocenters. The number of anilines is 1. The fourth-order valence-corrected chi connectivity index (χ4v) is 3.39. The molecule has 0 saturated carbocycles. The lowest BCUT2D eigenvalue weighted by Gasteiger charge is -2.08. The summed E-state index contributed by atoms with van der Waals surface area (Å²) >= 11 is 0. The molecule has 0 radical (unpaired) electrons. The smallest absolute Gasteiger partial charge is 0.276 e. The van der Waals surface area contributed by atoms with Gasteiger partial charge in [0.1, 0.15) is 0 Å². The Morgan fingerprint density at radius 1 is 1.17 bits per heavy atom. The molecule has 3 aromatic rings. The summed E-state index contributed by atoms with van der Waals surface area (Å²) in [6, 6.07) is 11.7. The first-order chi connectivity index (χ1) is 14.3. The number of aromatic amines is 1. The molecule has 0 spiro atoms. The zero-order valence-corrected chi connectivity index (χ0v) is 17.3. The second-order valence-corrected chi connectivity index (χ2v) is 6.58. The summed E-state index contributed by atoms with van der Waals surface area (Å²) in [6.07, 6.45) is 4.59. The van der Waals surface area contributed by atoms with Crippen LogP contribution in [0.5, 0.6) is 0 Å². The Kier molecular flexibility index (Phi) is 7.14. The molecule has 0 bridgehead atoms. The summed E-state index contributed by atoms with van der Waals surface area (Å²) in [5.74, 6) is -0.233. The van der Waals surface area contributed by atoms with E-state index in [1.807, 2.05) is 51.1 Å². The largest absolute Gasteiger partial charge is 0.377 e. The lowest BCUT2D eigenvalue weighted by Crippen LogP contribution is -2.14. The number of nitrogens with one attached hydrogen (secondary N) is 2. The van der Waals surface area contributed by atoms with Gasteiger partial charge in [0.2, 0.25) is 0 Å². The first-order valence-electron chi connectivity index (χ1n) is 10.3. The van der Waals surface area contributed by atoms with Gasteiger partial charge in [0.15, 0.2) is 5.69 Å². The van der Waals surface area contributed by atoms with E-state index in [4.69, 9.17) is 4.74 Å². The van der Waals surface area contributed by atoms with Crippen molar-refractivity contribution in [2.45, 2.75) is 46.6 Å². The van der Waals surface area contributed by atoms with Gasteiger partial charge < -0.3 is 10.1 Å². The van der Waals surface area contributed by atoms with Gasteiger partial charge in [-0.05, 0) is 55.5 Å². The zero-order chi connectivity index (χ0) is 20.6. The van der Waals surface area contributed by atoms with E-state index < -0.39 is 0 Å². The van der Waals surface area contributed by atoms with Crippen molar-refractivity contribution in [1.29, 1.82) is 0 Å². The maximum absolute atomic E-state index is 12.9. The monoisotopic (exact) mass is 392 g/mol. The minimum atomic E-state index is -0.233. The molecule has 0 aliphatic heterocycles. The second kappa shape index (κ2) is 9.98. The van der Waals surface area contributed by atoms with E-state index in [-0.39, 0.29) is 5.91 Å². The van der Waals surface area contributed by atoms with Gasteiger partial charge in [-0.2, -0.15) is 5.10 Å². The quantitative estimate of drug-likeness (QED) is 0.655. The van der Waals surface area contributed by atoms with Crippen molar-refractivity contribution in [3.05, 3.63) is 65.1 Å². The Morgan fingerprint density at radius 3 is 2.72 bits per heavy atom. The number of hydrogen-bond donors (Lipinski definition) is 2. The van der Waals surface area contributed by atoms with Crippen LogP contribution in [0, 0.1) is 0 Å². The van der Waals surface area contributed by atoms with Crippen molar-refractivity contribution >= 4 is 11.6 Å². The van der Waals surface area contributed by atoms with Gasteiger partial charge in [0.25, 0.3) is 5.91 Å². The molecule has 4 rings (SSSR count). The van der Waals surface area contributed by atoms with Crippen LogP contribution in [0.2, 0.25) is 0 Å². The van der Waals surface area contributed by atoms with Gasteiger partial charge in [0, 0.05) is 24.2 Å². The Balaban J connectivity index is 0.00000117. The van der Waals surface area contributed by atoms with Crippen LogP contribution in [0.1, 0.15) is 54.5 Å². The van der Waals surface area contributed by atoms with E-state index in [1.165, 1.54) is 0 Å². The van der Waals surface area contributed by atoms with Crippen molar-refractivity contribution in [2.24, 2.45) is 0 Å². The fourth-order valence-electron chi connectivity index (χ4n) is 3.39. The summed E-state index contributed by atoms with van der Waals surface area (Å²) in [7, 11) is 0. The number of benzene rings is 1. The molecule has 0 unspecified atom stereocenters. The lowest BCUT2D eigenvalue weighted by molar-refractivity contribution is 0.102. The number of carbonyl (C=O) groups is 1. The van der Waals surface area contributed by atoms with Crippen LogP contribution in [0.4, 0.5) is 5.69 Å². The Bertz CT molecular complexity index is 948. The molecule has 152 valence electrons. The van der Waals surface area contributed by atoms with Crippen molar-refractivity contribution < 1.29 is 9.53 Å². The van der Waals surface area contributed by atoms with Gasteiger partial charge in [0.05, 0.1) is 17.9 Å². The zero-order valence-electron chi connectivity index (χ0n) is 17.3. The van der Waals surface area contributed by atoms with Gasteiger partial charge >= 0.3 is 0 Å². The average Bonchev–Trinajstić information content (AvgIpc) is 3.10. The SMILES string of the molecule is CC.CCOCc1ccc(NC(=O)c2n[nH]c3c2-c2ncccc2CCC3)cc1. The molecule has 1 aliphatic carbocycles. The van der Waals surface area contributed by atoms with Crippen LogP contribution in [-0.2, 0) is 24.2 Å². The number of amides is 1. The number of rotatable bonds is 5. The van der Waals surface area contributed by atoms with Crippen LogP contribution < -0.4 is 5.32 Å². The molecule has 1 amide bonds.